The molecule has 0 aromatic carbocycles. The molecule has 0 spiro atoms. The van der Waals surface area contributed by atoms with Gasteiger partial charge in [-0.2, -0.15) is 0 Å². The number of rotatable bonds is 5. The molecule has 1 amide bonds. The zero-order valence-corrected chi connectivity index (χ0v) is 13.7. The first-order valence-electron chi connectivity index (χ1n) is 8.01. The molecule has 2 aromatic rings. The van der Waals surface area contributed by atoms with Crippen LogP contribution in [0.4, 0.5) is 5.82 Å². The number of aromatic nitrogens is 2. The molecule has 1 aliphatic heterocycles. The smallest absolute Gasteiger partial charge is 0.268 e. The molecule has 9 heteroatoms. The van der Waals surface area contributed by atoms with Gasteiger partial charge in [-0.15, -0.1) is 0 Å². The number of carbonyl (C=O) groups excluding carboxylic acids is 1. The van der Waals surface area contributed by atoms with Crippen LogP contribution in [0.25, 0.3) is 0 Å². The Balaban J connectivity index is 1.68. The zero-order chi connectivity index (χ0) is 17.8. The summed E-state index contributed by atoms with van der Waals surface area (Å²) in [6.07, 6.45) is 2.28. The van der Waals surface area contributed by atoms with Gasteiger partial charge in [-0.05, 0) is 12.1 Å². The van der Waals surface area contributed by atoms with Crippen molar-refractivity contribution >= 4 is 11.7 Å². The lowest BCUT2D eigenvalue weighted by Gasteiger charge is -2.22. The number of nitrogens with zero attached hydrogens (tertiary/aromatic N) is 4. The first-order valence-corrected chi connectivity index (χ1v) is 8.01. The van der Waals surface area contributed by atoms with Crippen molar-refractivity contribution in [3.05, 3.63) is 41.7 Å². The Labute approximate surface area is 144 Å². The molecule has 2 aromatic heterocycles. The van der Waals surface area contributed by atoms with Gasteiger partial charge in [-0.1, -0.05) is 0 Å². The molecule has 0 saturated carbocycles. The largest absolute Gasteiger partial charge is 0.462 e. The van der Waals surface area contributed by atoms with Gasteiger partial charge in [0.15, 0.2) is 0 Å². The molecule has 1 atom stereocenters. The van der Waals surface area contributed by atoms with Crippen LogP contribution in [0, 0.1) is 0 Å². The number of carbonyl (C=O) groups is 1. The normalized spacial score (nSPS) is 19.0. The Kier molecular flexibility index (Phi) is 5.27. The molecular weight excluding hydrogens is 326 g/mol. The summed E-state index contributed by atoms with van der Waals surface area (Å²) >= 11 is 0. The van der Waals surface area contributed by atoms with Crippen LogP contribution in [-0.2, 0) is 13.2 Å². The predicted molar refractivity (Wildman–Crippen MR) is 88.7 cm³/mol. The Morgan fingerprint density at radius 3 is 2.80 bits per heavy atom. The molecule has 1 aliphatic rings. The number of aliphatic hydroxyl groups is 2. The molecule has 0 bridgehead atoms. The van der Waals surface area contributed by atoms with Crippen LogP contribution in [-0.4, -0.2) is 63.3 Å². The molecule has 4 N–H and O–H groups in total. The fourth-order valence-corrected chi connectivity index (χ4v) is 2.85. The number of anilines is 1. The standard InChI is InChI=1S/C16H21N5O4/c17-16(24)14-5-18-6-15(19-14)21-4-3-20(7-11(23)8-21)9-12-1-2-13(10-22)25-12/h1-2,5-6,11,22-23H,3-4,7-10H2,(H2,17,24). The fourth-order valence-electron chi connectivity index (χ4n) is 2.85. The van der Waals surface area contributed by atoms with Crippen molar-refractivity contribution in [2.45, 2.75) is 19.3 Å². The Morgan fingerprint density at radius 1 is 1.28 bits per heavy atom. The van der Waals surface area contributed by atoms with Crippen molar-refractivity contribution in [1.82, 2.24) is 14.9 Å². The molecule has 25 heavy (non-hydrogen) atoms. The molecule has 3 heterocycles. The lowest BCUT2D eigenvalue weighted by atomic mass is 10.3. The highest BCUT2D eigenvalue weighted by atomic mass is 16.4. The first kappa shape index (κ1) is 17.3. The summed E-state index contributed by atoms with van der Waals surface area (Å²) in [6.45, 7) is 2.56. The Bertz CT molecular complexity index is 735. The van der Waals surface area contributed by atoms with E-state index in [0.717, 1.165) is 5.76 Å². The summed E-state index contributed by atoms with van der Waals surface area (Å²) < 4.78 is 5.50. The summed E-state index contributed by atoms with van der Waals surface area (Å²) in [4.78, 5) is 23.4. The van der Waals surface area contributed by atoms with Crippen LogP contribution >= 0.6 is 0 Å². The minimum Gasteiger partial charge on any atom is -0.462 e. The molecule has 1 fully saturated rings. The van der Waals surface area contributed by atoms with Crippen molar-refractivity contribution in [3.63, 3.8) is 0 Å². The highest BCUT2D eigenvalue weighted by molar-refractivity contribution is 5.90. The number of β-amino-alcohol motifs (C(OH)–C–C–N with tert-alkyl or cyclic N) is 1. The average Bonchev–Trinajstić information content (AvgIpc) is 2.97. The maximum absolute atomic E-state index is 11.3. The Hall–Kier alpha value is -2.49. The summed E-state index contributed by atoms with van der Waals surface area (Å²) in [5, 5.41) is 19.4. The molecule has 1 unspecified atom stereocenters. The van der Waals surface area contributed by atoms with Gasteiger partial charge in [-0.25, -0.2) is 4.98 Å². The SMILES string of the molecule is NC(=O)c1cncc(N2CCN(Cc3ccc(CO)o3)CC(O)C2)n1. The summed E-state index contributed by atoms with van der Waals surface area (Å²) in [7, 11) is 0. The van der Waals surface area contributed by atoms with E-state index in [1.807, 2.05) is 11.0 Å². The van der Waals surface area contributed by atoms with Crippen molar-refractivity contribution in [2.24, 2.45) is 5.73 Å². The molecule has 134 valence electrons. The number of nitrogens with two attached hydrogens (primary N) is 1. The summed E-state index contributed by atoms with van der Waals surface area (Å²) in [6, 6.07) is 3.56. The molecule has 0 aliphatic carbocycles. The highest BCUT2D eigenvalue weighted by Gasteiger charge is 2.23. The van der Waals surface area contributed by atoms with Crippen molar-refractivity contribution in [3.8, 4) is 0 Å². The van der Waals surface area contributed by atoms with Gasteiger partial charge in [0.2, 0.25) is 0 Å². The molecule has 3 rings (SSSR count). The average molecular weight is 347 g/mol. The van der Waals surface area contributed by atoms with Gasteiger partial charge < -0.3 is 25.3 Å². The van der Waals surface area contributed by atoms with E-state index in [2.05, 4.69) is 14.9 Å². The topological polar surface area (TPSA) is 129 Å². The van der Waals surface area contributed by atoms with E-state index in [1.54, 1.807) is 12.3 Å². The van der Waals surface area contributed by atoms with Gasteiger partial charge in [0.05, 0.1) is 25.0 Å². The number of hydrogen-bond donors (Lipinski definition) is 3. The minimum atomic E-state index is -0.635. The Morgan fingerprint density at radius 2 is 2.08 bits per heavy atom. The maximum Gasteiger partial charge on any atom is 0.268 e. The van der Waals surface area contributed by atoms with Crippen molar-refractivity contribution < 1.29 is 19.4 Å². The van der Waals surface area contributed by atoms with E-state index < -0.39 is 12.0 Å². The molecule has 1 saturated heterocycles. The van der Waals surface area contributed by atoms with E-state index in [-0.39, 0.29) is 12.3 Å². The monoisotopic (exact) mass is 347 g/mol. The quantitative estimate of drug-likeness (QED) is 0.650. The van der Waals surface area contributed by atoms with E-state index in [4.69, 9.17) is 15.3 Å². The van der Waals surface area contributed by atoms with Gasteiger partial charge >= 0.3 is 0 Å². The van der Waals surface area contributed by atoms with Crippen molar-refractivity contribution in [1.29, 1.82) is 0 Å². The van der Waals surface area contributed by atoms with Crippen molar-refractivity contribution in [2.75, 3.05) is 31.1 Å². The fraction of sp³-hybridized carbons (Fsp3) is 0.438. The van der Waals surface area contributed by atoms with Crippen LogP contribution in [0.1, 0.15) is 22.0 Å². The number of primary amides is 1. The number of aliphatic hydroxyl groups excluding tert-OH is 2. The molecular formula is C16H21N5O4. The molecule has 9 nitrogen and oxygen atoms in total. The molecule has 0 radical (unpaired) electrons. The third-order valence-electron chi connectivity index (χ3n) is 4.04. The van der Waals surface area contributed by atoms with Crippen LogP contribution in [0.5, 0.6) is 0 Å². The van der Waals surface area contributed by atoms with Gasteiger partial charge in [0.25, 0.3) is 5.91 Å². The van der Waals surface area contributed by atoms with E-state index >= 15 is 0 Å². The number of furan rings is 1. The first-order chi connectivity index (χ1) is 12.0. The van der Waals surface area contributed by atoms with Crippen LogP contribution in [0.15, 0.2) is 28.9 Å². The van der Waals surface area contributed by atoms with Gasteiger partial charge in [0.1, 0.15) is 29.6 Å². The second-order valence-electron chi connectivity index (χ2n) is 5.99. The lowest BCUT2D eigenvalue weighted by Crippen LogP contribution is -2.34. The van der Waals surface area contributed by atoms with Gasteiger partial charge in [-0.3, -0.25) is 14.7 Å². The lowest BCUT2D eigenvalue weighted by molar-refractivity contribution is 0.0995. The summed E-state index contributed by atoms with van der Waals surface area (Å²) in [5.41, 5.74) is 5.34. The zero-order valence-electron chi connectivity index (χ0n) is 13.7. The minimum absolute atomic E-state index is 0.0974. The van der Waals surface area contributed by atoms with Crippen LogP contribution in [0.3, 0.4) is 0 Å². The van der Waals surface area contributed by atoms with Crippen LogP contribution in [0.2, 0.25) is 0 Å². The highest BCUT2D eigenvalue weighted by Crippen LogP contribution is 2.16. The third kappa shape index (κ3) is 4.32. The number of amides is 1. The van der Waals surface area contributed by atoms with E-state index in [9.17, 15) is 9.90 Å². The second-order valence-corrected chi connectivity index (χ2v) is 5.99. The van der Waals surface area contributed by atoms with E-state index in [1.165, 1.54) is 6.20 Å². The summed E-state index contributed by atoms with van der Waals surface area (Å²) in [5.74, 6) is 1.13. The van der Waals surface area contributed by atoms with Gasteiger partial charge in [0, 0.05) is 26.2 Å². The third-order valence-corrected chi connectivity index (χ3v) is 4.04. The maximum atomic E-state index is 11.3. The predicted octanol–water partition coefficient (Wildman–Crippen LogP) is -0.656. The van der Waals surface area contributed by atoms with Crippen LogP contribution < -0.4 is 10.6 Å². The van der Waals surface area contributed by atoms with E-state index in [0.29, 0.717) is 44.3 Å². The second kappa shape index (κ2) is 7.60. The number of hydrogen-bond acceptors (Lipinski definition) is 8.